The molecule has 0 bridgehead atoms. The molecule has 0 aromatic rings. The van der Waals surface area contributed by atoms with E-state index in [-0.39, 0.29) is 0 Å². The number of hydrogen-bond acceptors (Lipinski definition) is 3. The van der Waals surface area contributed by atoms with Crippen molar-refractivity contribution in [3.05, 3.63) is 0 Å². The summed E-state index contributed by atoms with van der Waals surface area (Å²) in [6, 6.07) is 2.11. The first kappa shape index (κ1) is 13.2. The second-order valence-corrected chi connectivity index (χ2v) is 8.40. The van der Waals surface area contributed by atoms with Crippen LogP contribution in [0.5, 0.6) is 0 Å². The molecule has 2 atom stereocenters. The largest absolute Gasteiger partial charge is 0.390 e. The van der Waals surface area contributed by atoms with Crippen molar-refractivity contribution in [1.82, 2.24) is 4.90 Å². The van der Waals surface area contributed by atoms with Gasteiger partial charge in [0, 0.05) is 13.1 Å². The van der Waals surface area contributed by atoms with E-state index in [4.69, 9.17) is 8.85 Å². The molecule has 90 valence electrons. The van der Waals surface area contributed by atoms with Crippen LogP contribution in [0.15, 0.2) is 0 Å². The monoisotopic (exact) mass is 231 g/mol. The Hall–Kier alpha value is 0.0969. The second kappa shape index (κ2) is 5.43. The van der Waals surface area contributed by atoms with Gasteiger partial charge in [0.15, 0.2) is 0 Å². The molecular formula is C11H25NO2Si. The van der Waals surface area contributed by atoms with Crippen molar-refractivity contribution in [3.63, 3.8) is 0 Å². The minimum atomic E-state index is -1.90. The van der Waals surface area contributed by atoms with Crippen LogP contribution in [0.25, 0.3) is 0 Å². The first-order valence-corrected chi connectivity index (χ1v) is 8.28. The van der Waals surface area contributed by atoms with Crippen LogP contribution in [-0.2, 0) is 8.85 Å². The second-order valence-electron chi connectivity index (χ2n) is 4.70. The predicted molar refractivity (Wildman–Crippen MR) is 65.3 cm³/mol. The first-order valence-electron chi connectivity index (χ1n) is 6.05. The van der Waals surface area contributed by atoms with Crippen molar-refractivity contribution in [2.45, 2.75) is 52.0 Å². The summed E-state index contributed by atoms with van der Waals surface area (Å²) in [5, 5.41) is 0. The molecule has 0 aromatic heterocycles. The van der Waals surface area contributed by atoms with Gasteiger partial charge in [-0.15, -0.1) is 0 Å². The molecule has 0 N–H and O–H groups in total. The standard InChI is InChI=1S/C11H25NO2Si/c1-6-15(7-2)13-10(3)8-12(5)9-11(4)14-15/h10-11H,6-9H2,1-5H3. The molecule has 1 aliphatic rings. The maximum absolute atomic E-state index is 6.19. The van der Waals surface area contributed by atoms with E-state index < -0.39 is 8.56 Å². The third kappa shape index (κ3) is 3.55. The van der Waals surface area contributed by atoms with Gasteiger partial charge in [0.05, 0.1) is 12.2 Å². The zero-order valence-electron chi connectivity index (χ0n) is 10.7. The van der Waals surface area contributed by atoms with Crippen molar-refractivity contribution in [2.24, 2.45) is 0 Å². The Bertz CT molecular complexity index is 181. The average Bonchev–Trinajstić information content (AvgIpc) is 2.14. The lowest BCUT2D eigenvalue weighted by molar-refractivity contribution is 0.0295. The molecule has 15 heavy (non-hydrogen) atoms. The van der Waals surface area contributed by atoms with Crippen molar-refractivity contribution in [2.75, 3.05) is 20.1 Å². The van der Waals surface area contributed by atoms with Crippen LogP contribution in [0.2, 0.25) is 12.1 Å². The van der Waals surface area contributed by atoms with E-state index in [1.807, 2.05) is 0 Å². The van der Waals surface area contributed by atoms with Gasteiger partial charge in [-0.05, 0) is 33.0 Å². The highest BCUT2D eigenvalue weighted by molar-refractivity contribution is 6.67. The highest BCUT2D eigenvalue weighted by Gasteiger charge is 2.38. The molecule has 4 heteroatoms. The van der Waals surface area contributed by atoms with Gasteiger partial charge in [-0.3, -0.25) is 0 Å². The van der Waals surface area contributed by atoms with Crippen LogP contribution in [0, 0.1) is 0 Å². The van der Waals surface area contributed by atoms with Crippen molar-refractivity contribution >= 4 is 8.56 Å². The van der Waals surface area contributed by atoms with Crippen molar-refractivity contribution < 1.29 is 8.85 Å². The van der Waals surface area contributed by atoms with Crippen LogP contribution < -0.4 is 0 Å². The minimum absolute atomic E-state index is 0.300. The highest BCUT2D eigenvalue weighted by Crippen LogP contribution is 2.24. The highest BCUT2D eigenvalue weighted by atomic mass is 28.4. The molecule has 1 saturated heterocycles. The number of hydrogen-bond donors (Lipinski definition) is 0. The lowest BCUT2D eigenvalue weighted by Crippen LogP contribution is -2.52. The quantitative estimate of drug-likeness (QED) is 0.680. The van der Waals surface area contributed by atoms with E-state index in [1.165, 1.54) is 0 Å². The Morgan fingerprint density at radius 3 is 1.80 bits per heavy atom. The fourth-order valence-electron chi connectivity index (χ4n) is 2.37. The number of rotatable bonds is 2. The van der Waals surface area contributed by atoms with Gasteiger partial charge < -0.3 is 13.8 Å². The van der Waals surface area contributed by atoms with E-state index in [1.54, 1.807) is 0 Å². The Kier molecular flexibility index (Phi) is 4.77. The van der Waals surface area contributed by atoms with Crippen molar-refractivity contribution in [3.8, 4) is 0 Å². The summed E-state index contributed by atoms with van der Waals surface area (Å²) in [6.45, 7) is 10.7. The van der Waals surface area contributed by atoms with Gasteiger partial charge in [0.1, 0.15) is 0 Å². The summed E-state index contributed by atoms with van der Waals surface area (Å²) >= 11 is 0. The molecule has 2 unspecified atom stereocenters. The van der Waals surface area contributed by atoms with E-state index in [0.29, 0.717) is 12.2 Å². The molecule has 0 aliphatic carbocycles. The normalized spacial score (nSPS) is 33.4. The van der Waals surface area contributed by atoms with E-state index in [2.05, 4.69) is 39.6 Å². The molecule has 0 aromatic carbocycles. The van der Waals surface area contributed by atoms with Gasteiger partial charge in [-0.25, -0.2) is 0 Å². The number of nitrogens with zero attached hydrogens (tertiary/aromatic N) is 1. The molecule has 0 radical (unpaired) electrons. The molecule has 1 aliphatic heterocycles. The van der Waals surface area contributed by atoms with Crippen LogP contribution in [0.1, 0.15) is 27.7 Å². The lowest BCUT2D eigenvalue weighted by atomic mass is 10.3. The number of likely N-dealkylation sites (N-methyl/N-ethyl adjacent to an activating group) is 1. The molecule has 0 spiro atoms. The van der Waals surface area contributed by atoms with Crippen molar-refractivity contribution in [1.29, 1.82) is 0 Å². The topological polar surface area (TPSA) is 21.7 Å². The first-order chi connectivity index (χ1) is 7.01. The van der Waals surface area contributed by atoms with Gasteiger partial charge >= 0.3 is 8.56 Å². The van der Waals surface area contributed by atoms with Crippen LogP contribution >= 0.6 is 0 Å². The fourth-order valence-corrected chi connectivity index (χ4v) is 5.21. The molecule has 1 heterocycles. The Labute approximate surface area is 95.0 Å². The Morgan fingerprint density at radius 1 is 1.07 bits per heavy atom. The predicted octanol–water partition coefficient (Wildman–Crippen LogP) is 2.22. The smallest absolute Gasteiger partial charge is 0.338 e. The summed E-state index contributed by atoms with van der Waals surface area (Å²) in [4.78, 5) is 2.29. The summed E-state index contributed by atoms with van der Waals surface area (Å²) in [5.74, 6) is 0. The molecule has 3 nitrogen and oxygen atoms in total. The van der Waals surface area contributed by atoms with Crippen LogP contribution in [-0.4, -0.2) is 45.8 Å². The Balaban J connectivity index is 2.72. The van der Waals surface area contributed by atoms with Gasteiger partial charge in [-0.1, -0.05) is 13.8 Å². The molecule has 0 amide bonds. The zero-order chi connectivity index (χ0) is 11.5. The summed E-state index contributed by atoms with van der Waals surface area (Å²) < 4.78 is 12.4. The van der Waals surface area contributed by atoms with Crippen LogP contribution in [0.4, 0.5) is 0 Å². The van der Waals surface area contributed by atoms with E-state index in [0.717, 1.165) is 25.2 Å². The van der Waals surface area contributed by atoms with Gasteiger partial charge in [0.2, 0.25) is 0 Å². The summed E-state index contributed by atoms with van der Waals surface area (Å²) in [7, 11) is 0.236. The Morgan fingerprint density at radius 2 is 1.47 bits per heavy atom. The maximum atomic E-state index is 6.19. The minimum Gasteiger partial charge on any atom is -0.390 e. The van der Waals surface area contributed by atoms with Gasteiger partial charge in [0.25, 0.3) is 0 Å². The molecule has 0 saturated carbocycles. The molecule has 1 fully saturated rings. The van der Waals surface area contributed by atoms with E-state index in [9.17, 15) is 0 Å². The maximum Gasteiger partial charge on any atom is 0.338 e. The van der Waals surface area contributed by atoms with Gasteiger partial charge in [-0.2, -0.15) is 0 Å². The molecular weight excluding hydrogens is 206 g/mol. The fraction of sp³-hybridized carbons (Fsp3) is 1.00. The summed E-state index contributed by atoms with van der Waals surface area (Å²) in [6.07, 6.45) is 0.600. The summed E-state index contributed by atoms with van der Waals surface area (Å²) in [5.41, 5.74) is 0. The van der Waals surface area contributed by atoms with E-state index >= 15 is 0 Å². The molecule has 1 rings (SSSR count). The third-order valence-corrected chi connectivity index (χ3v) is 6.87. The average molecular weight is 231 g/mol. The lowest BCUT2D eigenvalue weighted by Gasteiger charge is -2.39. The SMILES string of the molecule is CC[Si]1(CC)OC(C)CN(C)CC(C)O1. The third-order valence-electron chi connectivity index (χ3n) is 3.05. The zero-order valence-corrected chi connectivity index (χ0v) is 11.7. The van der Waals surface area contributed by atoms with Crippen LogP contribution in [0.3, 0.4) is 0 Å².